The topological polar surface area (TPSA) is 41.7 Å². The summed E-state index contributed by atoms with van der Waals surface area (Å²) in [4.78, 5) is 10.6. The largest absolute Gasteiger partial charge is 0.478 e. The molecule has 2 aromatic heterocycles. The molecule has 0 radical (unpaired) electrons. The number of hydrogen-bond acceptors (Lipinski definition) is 1. The Labute approximate surface area is 79.2 Å². The number of nitrogens with zero attached hydrogens (tertiary/aromatic N) is 1. The Morgan fingerprint density at radius 2 is 2.23 bits per heavy atom. The van der Waals surface area contributed by atoms with Gasteiger partial charge in [0.25, 0.3) is 0 Å². The molecule has 2 rings (SSSR count). The van der Waals surface area contributed by atoms with Crippen molar-refractivity contribution < 1.29 is 9.90 Å². The predicted molar refractivity (Wildman–Crippen MR) is 49.4 cm³/mol. The van der Waals surface area contributed by atoms with Crippen molar-refractivity contribution >= 4 is 23.1 Å². The molecule has 66 valence electrons. The number of aromatic nitrogens is 1. The molecule has 0 spiro atoms. The van der Waals surface area contributed by atoms with Gasteiger partial charge in [0, 0.05) is 11.7 Å². The van der Waals surface area contributed by atoms with Crippen LogP contribution in [-0.2, 0) is 0 Å². The van der Waals surface area contributed by atoms with Crippen LogP contribution < -0.4 is 0 Å². The monoisotopic (exact) mass is 195 g/mol. The van der Waals surface area contributed by atoms with Gasteiger partial charge >= 0.3 is 5.97 Å². The maximum Gasteiger partial charge on any atom is 0.337 e. The molecule has 4 heteroatoms. The van der Waals surface area contributed by atoms with Crippen LogP contribution in [-0.4, -0.2) is 15.5 Å². The third-order valence-corrected chi connectivity index (χ3v) is 2.14. The Morgan fingerprint density at radius 1 is 1.46 bits per heavy atom. The Balaban J connectivity index is 2.75. The van der Waals surface area contributed by atoms with Gasteiger partial charge in [0.15, 0.2) is 0 Å². The first kappa shape index (κ1) is 8.13. The zero-order chi connectivity index (χ0) is 9.42. The molecule has 0 saturated heterocycles. The number of fused-ring (bicyclic) bond motifs is 1. The lowest BCUT2D eigenvalue weighted by molar-refractivity contribution is 0.0697. The van der Waals surface area contributed by atoms with Crippen molar-refractivity contribution in [2.45, 2.75) is 0 Å². The van der Waals surface area contributed by atoms with Gasteiger partial charge in [-0.2, -0.15) is 0 Å². The van der Waals surface area contributed by atoms with E-state index in [4.69, 9.17) is 16.7 Å². The van der Waals surface area contributed by atoms with Crippen molar-refractivity contribution in [3.8, 4) is 0 Å². The second-order valence-corrected chi connectivity index (χ2v) is 3.06. The third-order valence-electron chi connectivity index (χ3n) is 1.83. The molecule has 0 saturated carbocycles. The van der Waals surface area contributed by atoms with E-state index < -0.39 is 5.97 Å². The SMILES string of the molecule is O=C(O)c1cc2cccc(Cl)n2c1. The van der Waals surface area contributed by atoms with E-state index in [1.54, 1.807) is 28.7 Å². The molecule has 0 aliphatic carbocycles. The van der Waals surface area contributed by atoms with E-state index in [0.717, 1.165) is 5.52 Å². The van der Waals surface area contributed by atoms with Crippen molar-refractivity contribution in [2.24, 2.45) is 0 Å². The molecule has 1 N–H and O–H groups in total. The standard InChI is InChI=1S/C9H6ClNO2/c10-8-3-1-2-7-4-6(9(12)13)5-11(7)8/h1-5H,(H,12,13). The number of halogens is 1. The number of carboxylic acid groups (broad SMARTS) is 1. The number of carboxylic acids is 1. The maximum atomic E-state index is 10.6. The van der Waals surface area contributed by atoms with Crippen LogP contribution in [0.4, 0.5) is 0 Å². The molecular formula is C9H6ClNO2. The van der Waals surface area contributed by atoms with E-state index in [-0.39, 0.29) is 5.56 Å². The summed E-state index contributed by atoms with van der Waals surface area (Å²) in [6.07, 6.45) is 1.50. The summed E-state index contributed by atoms with van der Waals surface area (Å²) < 4.78 is 1.63. The molecule has 0 unspecified atom stereocenters. The lowest BCUT2D eigenvalue weighted by Crippen LogP contribution is -1.92. The molecule has 3 nitrogen and oxygen atoms in total. The van der Waals surface area contributed by atoms with Gasteiger partial charge in [-0.3, -0.25) is 0 Å². The normalized spacial score (nSPS) is 10.5. The fraction of sp³-hybridized carbons (Fsp3) is 0. The highest BCUT2D eigenvalue weighted by Crippen LogP contribution is 2.16. The summed E-state index contributed by atoms with van der Waals surface area (Å²) in [5, 5.41) is 9.22. The van der Waals surface area contributed by atoms with E-state index in [1.807, 2.05) is 0 Å². The number of pyridine rings is 1. The van der Waals surface area contributed by atoms with Crippen molar-refractivity contribution in [1.29, 1.82) is 0 Å². The summed E-state index contributed by atoms with van der Waals surface area (Å²) in [6, 6.07) is 6.87. The van der Waals surface area contributed by atoms with Gasteiger partial charge < -0.3 is 9.51 Å². The summed E-state index contributed by atoms with van der Waals surface area (Å²) in [6.45, 7) is 0. The van der Waals surface area contributed by atoms with Crippen LogP contribution in [0.5, 0.6) is 0 Å². The lowest BCUT2D eigenvalue weighted by Gasteiger charge is -1.95. The molecule has 0 atom stereocenters. The van der Waals surface area contributed by atoms with Gasteiger partial charge in [-0.15, -0.1) is 0 Å². The molecular weight excluding hydrogens is 190 g/mol. The van der Waals surface area contributed by atoms with Crippen LogP contribution in [0.1, 0.15) is 10.4 Å². The first-order valence-electron chi connectivity index (χ1n) is 3.68. The van der Waals surface area contributed by atoms with E-state index in [2.05, 4.69) is 0 Å². The van der Waals surface area contributed by atoms with Crippen LogP contribution in [0, 0.1) is 0 Å². The quantitative estimate of drug-likeness (QED) is 0.710. The first-order valence-corrected chi connectivity index (χ1v) is 4.06. The third kappa shape index (κ3) is 1.27. The van der Waals surface area contributed by atoms with E-state index >= 15 is 0 Å². The summed E-state index contributed by atoms with van der Waals surface area (Å²) in [5.74, 6) is -0.945. The van der Waals surface area contributed by atoms with Crippen LogP contribution in [0.25, 0.3) is 5.52 Å². The van der Waals surface area contributed by atoms with Gasteiger partial charge in [0.05, 0.1) is 5.56 Å². The van der Waals surface area contributed by atoms with E-state index in [0.29, 0.717) is 5.15 Å². The minimum atomic E-state index is -0.945. The lowest BCUT2D eigenvalue weighted by atomic mass is 10.3. The zero-order valence-electron chi connectivity index (χ0n) is 6.57. The molecule has 0 bridgehead atoms. The highest BCUT2D eigenvalue weighted by molar-refractivity contribution is 6.29. The Hall–Kier alpha value is -1.48. The highest BCUT2D eigenvalue weighted by Gasteiger charge is 2.06. The fourth-order valence-corrected chi connectivity index (χ4v) is 1.44. The van der Waals surface area contributed by atoms with Crippen LogP contribution in [0.3, 0.4) is 0 Å². The van der Waals surface area contributed by atoms with Crippen molar-refractivity contribution in [3.63, 3.8) is 0 Å². The number of aromatic carboxylic acids is 1. The van der Waals surface area contributed by atoms with Crippen molar-refractivity contribution in [2.75, 3.05) is 0 Å². The summed E-state index contributed by atoms with van der Waals surface area (Å²) >= 11 is 5.85. The average Bonchev–Trinajstić information content (AvgIpc) is 2.49. The minimum Gasteiger partial charge on any atom is -0.478 e. The van der Waals surface area contributed by atoms with Crippen LogP contribution in [0.15, 0.2) is 30.5 Å². The number of carbonyl (C=O) groups is 1. The van der Waals surface area contributed by atoms with Gasteiger partial charge in [0.1, 0.15) is 5.15 Å². The fourth-order valence-electron chi connectivity index (χ4n) is 1.22. The molecule has 13 heavy (non-hydrogen) atoms. The second kappa shape index (κ2) is 2.78. The van der Waals surface area contributed by atoms with Gasteiger partial charge in [0.2, 0.25) is 0 Å². The van der Waals surface area contributed by atoms with Gasteiger partial charge in [-0.1, -0.05) is 17.7 Å². The van der Waals surface area contributed by atoms with Gasteiger partial charge in [-0.05, 0) is 18.2 Å². The molecule has 0 aliphatic heterocycles. The minimum absolute atomic E-state index is 0.244. The summed E-state index contributed by atoms with van der Waals surface area (Å²) in [7, 11) is 0. The highest BCUT2D eigenvalue weighted by atomic mass is 35.5. The van der Waals surface area contributed by atoms with Crippen molar-refractivity contribution in [3.05, 3.63) is 41.2 Å². The maximum absolute atomic E-state index is 10.6. The van der Waals surface area contributed by atoms with Crippen LogP contribution in [0.2, 0.25) is 5.15 Å². The van der Waals surface area contributed by atoms with Crippen molar-refractivity contribution in [1.82, 2.24) is 4.40 Å². The number of rotatable bonds is 1. The van der Waals surface area contributed by atoms with Gasteiger partial charge in [-0.25, -0.2) is 4.79 Å². The molecule has 2 heterocycles. The zero-order valence-corrected chi connectivity index (χ0v) is 7.32. The van der Waals surface area contributed by atoms with E-state index in [1.165, 1.54) is 6.20 Å². The Kier molecular flexibility index (Phi) is 1.74. The molecule has 0 aromatic carbocycles. The summed E-state index contributed by atoms with van der Waals surface area (Å²) in [5.41, 5.74) is 1.03. The Bertz CT molecular complexity index is 475. The Morgan fingerprint density at radius 3 is 2.85 bits per heavy atom. The molecule has 0 fully saturated rings. The molecule has 0 amide bonds. The van der Waals surface area contributed by atoms with Crippen LogP contribution >= 0.6 is 11.6 Å². The smallest absolute Gasteiger partial charge is 0.337 e. The predicted octanol–water partition coefficient (Wildman–Crippen LogP) is 2.29. The average molecular weight is 196 g/mol. The molecule has 0 aliphatic rings. The first-order chi connectivity index (χ1) is 6.18. The van der Waals surface area contributed by atoms with E-state index in [9.17, 15) is 4.79 Å². The molecule has 2 aromatic rings. The second-order valence-electron chi connectivity index (χ2n) is 2.68. The number of hydrogen-bond donors (Lipinski definition) is 1.